The quantitative estimate of drug-likeness (QED) is 0.519. The summed E-state index contributed by atoms with van der Waals surface area (Å²) in [5, 5.41) is 6.38. The number of sulfone groups is 1. The first kappa shape index (κ1) is 21.8. The summed E-state index contributed by atoms with van der Waals surface area (Å²) in [5.41, 5.74) is 3.22. The highest BCUT2D eigenvalue weighted by molar-refractivity contribution is 7.89. The fourth-order valence-electron chi connectivity index (χ4n) is 2.64. The molecule has 1 heterocycles. The number of guanidine groups is 1. The number of nitrogens with one attached hydrogen (secondary N) is 2. The maximum Gasteiger partial charge on any atom is 0.191 e. The van der Waals surface area contributed by atoms with Gasteiger partial charge >= 0.3 is 0 Å². The van der Waals surface area contributed by atoms with E-state index in [4.69, 9.17) is 0 Å². The molecule has 0 fully saturated rings. The molecule has 1 aromatic heterocycles. The molecule has 0 radical (unpaired) electrons. The van der Waals surface area contributed by atoms with Crippen LogP contribution in [0.1, 0.15) is 29.3 Å². The summed E-state index contributed by atoms with van der Waals surface area (Å²) < 4.78 is 36.9. The number of rotatable bonds is 8. The van der Waals surface area contributed by atoms with Gasteiger partial charge < -0.3 is 10.6 Å². The zero-order valence-electron chi connectivity index (χ0n) is 16.5. The Bertz CT molecular complexity index is 912. The van der Waals surface area contributed by atoms with Gasteiger partial charge in [-0.25, -0.2) is 17.8 Å². The van der Waals surface area contributed by atoms with Crippen molar-refractivity contribution in [3.8, 4) is 0 Å². The third-order valence-corrected chi connectivity index (χ3v) is 4.85. The molecule has 0 spiro atoms. The van der Waals surface area contributed by atoms with E-state index in [2.05, 4.69) is 20.6 Å². The minimum atomic E-state index is -3.22. The maximum absolute atomic E-state index is 13.6. The molecule has 0 saturated heterocycles. The van der Waals surface area contributed by atoms with Crippen LogP contribution in [0, 0.1) is 12.7 Å². The summed E-state index contributed by atoms with van der Waals surface area (Å²) >= 11 is 0. The largest absolute Gasteiger partial charge is 0.357 e. The van der Waals surface area contributed by atoms with Crippen LogP contribution in [-0.4, -0.2) is 38.7 Å². The standard InChI is InChI=1S/C20H27FN4O2S/c1-4-22-20(23-10-9-16-6-5-15(2)24-12-16)25-13-18-11-19(21)8-7-17(18)14-28(3,26)27/h5-8,11-12H,4,9-10,13-14H2,1-3H3,(H2,22,23,25). The molecule has 2 N–H and O–H groups in total. The van der Waals surface area contributed by atoms with E-state index in [0.717, 1.165) is 23.9 Å². The monoisotopic (exact) mass is 406 g/mol. The zero-order chi connectivity index (χ0) is 20.6. The van der Waals surface area contributed by atoms with Crippen LogP contribution in [0.3, 0.4) is 0 Å². The number of halogens is 1. The molecule has 0 aliphatic rings. The highest BCUT2D eigenvalue weighted by Gasteiger charge is 2.10. The summed E-state index contributed by atoms with van der Waals surface area (Å²) in [6.07, 6.45) is 3.80. The second kappa shape index (κ2) is 10.2. The predicted octanol–water partition coefficient (Wildman–Crippen LogP) is 2.37. The highest BCUT2D eigenvalue weighted by Crippen LogP contribution is 2.15. The van der Waals surface area contributed by atoms with Gasteiger partial charge in [0.2, 0.25) is 0 Å². The van der Waals surface area contributed by atoms with E-state index in [1.165, 1.54) is 18.2 Å². The smallest absolute Gasteiger partial charge is 0.191 e. The second-order valence-electron chi connectivity index (χ2n) is 6.66. The maximum atomic E-state index is 13.6. The van der Waals surface area contributed by atoms with Crippen molar-refractivity contribution < 1.29 is 12.8 Å². The van der Waals surface area contributed by atoms with E-state index in [1.54, 1.807) is 0 Å². The molecule has 0 saturated carbocycles. The van der Waals surface area contributed by atoms with Crippen LogP contribution in [-0.2, 0) is 28.6 Å². The average Bonchev–Trinajstić information content (AvgIpc) is 2.62. The van der Waals surface area contributed by atoms with Crippen LogP contribution >= 0.6 is 0 Å². The molecule has 0 atom stereocenters. The minimum absolute atomic E-state index is 0.136. The third kappa shape index (κ3) is 7.64. The third-order valence-electron chi connectivity index (χ3n) is 4.02. The van der Waals surface area contributed by atoms with E-state index in [0.29, 0.717) is 30.2 Å². The summed E-state index contributed by atoms with van der Waals surface area (Å²) in [5.74, 6) is 0.0483. The number of pyridine rings is 1. The van der Waals surface area contributed by atoms with Crippen molar-refractivity contribution >= 4 is 15.8 Å². The first-order valence-electron chi connectivity index (χ1n) is 9.15. The Kier molecular flexibility index (Phi) is 7.92. The Morgan fingerprint density at radius 1 is 1.18 bits per heavy atom. The van der Waals surface area contributed by atoms with Gasteiger partial charge in [0, 0.05) is 31.2 Å². The molecule has 152 valence electrons. The predicted molar refractivity (Wildman–Crippen MR) is 110 cm³/mol. The normalized spacial score (nSPS) is 12.1. The Morgan fingerprint density at radius 2 is 1.96 bits per heavy atom. The van der Waals surface area contributed by atoms with E-state index < -0.39 is 15.7 Å². The number of hydrogen-bond donors (Lipinski definition) is 2. The van der Waals surface area contributed by atoms with Crippen molar-refractivity contribution in [3.63, 3.8) is 0 Å². The molecule has 0 unspecified atom stereocenters. The molecule has 28 heavy (non-hydrogen) atoms. The number of aromatic nitrogens is 1. The summed E-state index contributed by atoms with van der Waals surface area (Å²) in [7, 11) is -3.22. The molecular formula is C20H27FN4O2S. The fourth-order valence-corrected chi connectivity index (χ4v) is 3.49. The molecule has 2 aromatic rings. The number of aliphatic imine (C=N–C) groups is 1. The summed E-state index contributed by atoms with van der Waals surface area (Å²) in [6.45, 7) is 5.43. The van der Waals surface area contributed by atoms with E-state index in [1.807, 2.05) is 32.2 Å². The van der Waals surface area contributed by atoms with Gasteiger partial charge in [-0.1, -0.05) is 12.1 Å². The zero-order valence-corrected chi connectivity index (χ0v) is 17.3. The van der Waals surface area contributed by atoms with E-state index >= 15 is 0 Å². The van der Waals surface area contributed by atoms with Gasteiger partial charge in [0.25, 0.3) is 0 Å². The molecule has 6 nitrogen and oxygen atoms in total. The molecule has 8 heteroatoms. The van der Waals surface area contributed by atoms with Gasteiger partial charge in [0.1, 0.15) is 5.82 Å². The molecule has 1 aromatic carbocycles. The Hall–Kier alpha value is -2.48. The van der Waals surface area contributed by atoms with Crippen LogP contribution in [0.25, 0.3) is 0 Å². The summed E-state index contributed by atoms with van der Waals surface area (Å²) in [6, 6.07) is 8.13. The van der Waals surface area contributed by atoms with Gasteiger partial charge in [-0.15, -0.1) is 0 Å². The van der Waals surface area contributed by atoms with Crippen LogP contribution in [0.4, 0.5) is 4.39 Å². The van der Waals surface area contributed by atoms with Crippen LogP contribution < -0.4 is 10.6 Å². The summed E-state index contributed by atoms with van der Waals surface area (Å²) in [4.78, 5) is 8.76. The molecule has 0 bridgehead atoms. The lowest BCUT2D eigenvalue weighted by Gasteiger charge is -2.12. The molecule has 0 aliphatic heterocycles. The van der Waals surface area contributed by atoms with Crippen molar-refractivity contribution in [2.75, 3.05) is 19.3 Å². The second-order valence-corrected chi connectivity index (χ2v) is 8.80. The SMILES string of the molecule is CCNC(=NCc1cc(F)ccc1CS(C)(=O)=O)NCCc1ccc(C)nc1. The van der Waals surface area contributed by atoms with Gasteiger partial charge in [-0.2, -0.15) is 0 Å². The first-order valence-corrected chi connectivity index (χ1v) is 11.2. The lowest BCUT2D eigenvalue weighted by molar-refractivity contribution is 0.600. The van der Waals surface area contributed by atoms with Crippen molar-refractivity contribution in [2.45, 2.75) is 32.6 Å². The number of hydrogen-bond acceptors (Lipinski definition) is 4. The molecule has 0 amide bonds. The Labute approximate surface area is 166 Å². The van der Waals surface area contributed by atoms with Crippen molar-refractivity contribution in [3.05, 3.63) is 64.7 Å². The lowest BCUT2D eigenvalue weighted by Crippen LogP contribution is -2.38. The minimum Gasteiger partial charge on any atom is -0.357 e. The van der Waals surface area contributed by atoms with Gasteiger partial charge in [0.15, 0.2) is 15.8 Å². The Balaban J connectivity index is 2.05. The molecule has 0 aliphatic carbocycles. The fraction of sp³-hybridized carbons (Fsp3) is 0.400. The van der Waals surface area contributed by atoms with Crippen LogP contribution in [0.5, 0.6) is 0 Å². The van der Waals surface area contributed by atoms with Crippen LogP contribution in [0.2, 0.25) is 0 Å². The van der Waals surface area contributed by atoms with E-state index in [-0.39, 0.29) is 12.3 Å². The van der Waals surface area contributed by atoms with Crippen molar-refractivity contribution in [1.29, 1.82) is 0 Å². The molecular weight excluding hydrogens is 379 g/mol. The number of benzene rings is 1. The first-order chi connectivity index (χ1) is 13.3. The van der Waals surface area contributed by atoms with Gasteiger partial charge in [-0.05, 0) is 55.2 Å². The topological polar surface area (TPSA) is 83.5 Å². The van der Waals surface area contributed by atoms with E-state index in [9.17, 15) is 12.8 Å². The highest BCUT2D eigenvalue weighted by atomic mass is 32.2. The van der Waals surface area contributed by atoms with Crippen LogP contribution in [0.15, 0.2) is 41.5 Å². The van der Waals surface area contributed by atoms with Crippen molar-refractivity contribution in [1.82, 2.24) is 15.6 Å². The number of aryl methyl sites for hydroxylation is 1. The van der Waals surface area contributed by atoms with Gasteiger partial charge in [0.05, 0.1) is 12.3 Å². The average molecular weight is 407 g/mol. The molecule has 2 rings (SSSR count). The lowest BCUT2D eigenvalue weighted by atomic mass is 10.1. The number of nitrogens with zero attached hydrogens (tertiary/aromatic N) is 2. The Morgan fingerprint density at radius 3 is 2.61 bits per heavy atom. The van der Waals surface area contributed by atoms with Gasteiger partial charge in [-0.3, -0.25) is 4.98 Å². The van der Waals surface area contributed by atoms with Crippen molar-refractivity contribution in [2.24, 2.45) is 4.99 Å².